The summed E-state index contributed by atoms with van der Waals surface area (Å²) < 4.78 is 5.38. The van der Waals surface area contributed by atoms with Crippen LogP contribution in [-0.2, 0) is 0 Å². The number of hydrogen-bond donors (Lipinski definition) is 2. The predicted octanol–water partition coefficient (Wildman–Crippen LogP) is 2.75. The molecular formula is C15H25NO2. The van der Waals surface area contributed by atoms with Gasteiger partial charge in [0.15, 0.2) is 0 Å². The van der Waals surface area contributed by atoms with Gasteiger partial charge >= 0.3 is 0 Å². The molecule has 0 aromatic heterocycles. The zero-order chi connectivity index (χ0) is 13.5. The van der Waals surface area contributed by atoms with Crippen LogP contribution >= 0.6 is 0 Å². The Kier molecular flexibility index (Phi) is 6.16. The van der Waals surface area contributed by atoms with Gasteiger partial charge in [-0.15, -0.1) is 0 Å². The third-order valence-electron chi connectivity index (χ3n) is 2.85. The van der Waals surface area contributed by atoms with E-state index >= 15 is 0 Å². The van der Waals surface area contributed by atoms with E-state index in [0.717, 1.165) is 17.9 Å². The average molecular weight is 251 g/mol. The van der Waals surface area contributed by atoms with Gasteiger partial charge in [-0.2, -0.15) is 0 Å². The minimum absolute atomic E-state index is 0.0466. The molecule has 1 aromatic carbocycles. The minimum atomic E-state index is -0.487. The Morgan fingerprint density at radius 3 is 2.28 bits per heavy atom. The van der Waals surface area contributed by atoms with Crippen molar-refractivity contribution in [1.29, 1.82) is 0 Å². The van der Waals surface area contributed by atoms with Crippen LogP contribution in [0.2, 0.25) is 0 Å². The lowest BCUT2D eigenvalue weighted by atomic mass is 10.0. The Labute approximate surface area is 110 Å². The van der Waals surface area contributed by atoms with E-state index in [-0.39, 0.29) is 6.04 Å². The maximum Gasteiger partial charge on any atom is 0.119 e. The van der Waals surface area contributed by atoms with Crippen LogP contribution in [0.15, 0.2) is 24.3 Å². The van der Waals surface area contributed by atoms with Crippen LogP contribution in [0.5, 0.6) is 5.75 Å². The number of nitrogens with one attached hydrogen (secondary N) is 1. The van der Waals surface area contributed by atoms with Gasteiger partial charge in [0.2, 0.25) is 0 Å². The molecule has 0 aliphatic rings. The number of aliphatic hydroxyl groups is 1. The molecule has 0 aliphatic heterocycles. The fourth-order valence-corrected chi connectivity index (χ4v) is 1.75. The molecule has 2 N–H and O–H groups in total. The molecule has 3 nitrogen and oxygen atoms in total. The smallest absolute Gasteiger partial charge is 0.119 e. The van der Waals surface area contributed by atoms with Crippen molar-refractivity contribution in [3.05, 3.63) is 29.8 Å². The van der Waals surface area contributed by atoms with Gasteiger partial charge in [0.05, 0.1) is 12.7 Å². The highest BCUT2D eigenvalue weighted by Gasteiger charge is 2.15. The summed E-state index contributed by atoms with van der Waals surface area (Å²) in [7, 11) is 0. The molecule has 102 valence electrons. The summed E-state index contributed by atoms with van der Waals surface area (Å²) in [5, 5.41) is 13.6. The third-order valence-corrected chi connectivity index (χ3v) is 2.85. The number of rotatable bonds is 7. The lowest BCUT2D eigenvalue weighted by Gasteiger charge is -2.22. The lowest BCUT2D eigenvalue weighted by molar-refractivity contribution is 0.134. The van der Waals surface area contributed by atoms with E-state index < -0.39 is 6.10 Å². The molecule has 18 heavy (non-hydrogen) atoms. The Bertz CT molecular complexity index is 335. The molecule has 0 bridgehead atoms. The zero-order valence-electron chi connectivity index (χ0n) is 11.8. The van der Waals surface area contributed by atoms with E-state index in [1.54, 1.807) is 0 Å². The molecule has 0 heterocycles. The van der Waals surface area contributed by atoms with Crippen LogP contribution in [0.1, 0.15) is 39.4 Å². The number of benzene rings is 1. The van der Waals surface area contributed by atoms with E-state index in [1.807, 2.05) is 38.1 Å². The first kappa shape index (κ1) is 15.0. The van der Waals surface area contributed by atoms with Crippen molar-refractivity contribution in [2.75, 3.05) is 13.2 Å². The molecule has 0 radical (unpaired) electrons. The van der Waals surface area contributed by atoms with Gasteiger partial charge in [-0.3, -0.25) is 0 Å². The first-order valence-corrected chi connectivity index (χ1v) is 6.68. The van der Waals surface area contributed by atoms with Gasteiger partial charge in [-0.1, -0.05) is 26.0 Å². The van der Waals surface area contributed by atoms with Crippen LogP contribution in [0.4, 0.5) is 0 Å². The molecule has 0 saturated carbocycles. The Hall–Kier alpha value is -1.06. The van der Waals surface area contributed by atoms with Crippen molar-refractivity contribution < 1.29 is 9.84 Å². The third kappa shape index (κ3) is 4.67. The van der Waals surface area contributed by atoms with Crippen molar-refractivity contribution in [1.82, 2.24) is 5.32 Å². The fourth-order valence-electron chi connectivity index (χ4n) is 1.75. The van der Waals surface area contributed by atoms with E-state index in [4.69, 9.17) is 4.74 Å². The van der Waals surface area contributed by atoms with E-state index in [0.29, 0.717) is 12.5 Å². The molecule has 0 amide bonds. The standard InChI is InChI=1S/C15H25NO2/c1-5-18-14-8-6-13(7-9-14)15(17)12(4)16-10-11(2)3/h6-9,11-12,15-17H,5,10H2,1-4H3. The average Bonchev–Trinajstić information content (AvgIpc) is 2.36. The number of ether oxygens (including phenoxy) is 1. The molecule has 3 heteroatoms. The molecule has 1 aromatic rings. The Morgan fingerprint density at radius 1 is 1.17 bits per heavy atom. The van der Waals surface area contributed by atoms with Crippen molar-refractivity contribution in [2.45, 2.75) is 39.8 Å². The highest BCUT2D eigenvalue weighted by Crippen LogP contribution is 2.20. The second-order valence-electron chi connectivity index (χ2n) is 5.04. The van der Waals surface area contributed by atoms with Crippen LogP contribution in [-0.4, -0.2) is 24.3 Å². The van der Waals surface area contributed by atoms with Crippen LogP contribution < -0.4 is 10.1 Å². The summed E-state index contributed by atoms with van der Waals surface area (Å²) >= 11 is 0. The van der Waals surface area contributed by atoms with Crippen molar-refractivity contribution in [3.8, 4) is 5.75 Å². The van der Waals surface area contributed by atoms with E-state index in [9.17, 15) is 5.11 Å². The summed E-state index contributed by atoms with van der Waals surface area (Å²) in [5.74, 6) is 1.43. The van der Waals surface area contributed by atoms with Crippen LogP contribution in [0.3, 0.4) is 0 Å². The predicted molar refractivity (Wildman–Crippen MR) is 74.9 cm³/mol. The number of aliphatic hydroxyl groups excluding tert-OH is 1. The summed E-state index contributed by atoms with van der Waals surface area (Å²) in [6, 6.07) is 7.69. The van der Waals surface area contributed by atoms with Gasteiger partial charge in [-0.25, -0.2) is 0 Å². The fraction of sp³-hybridized carbons (Fsp3) is 0.600. The summed E-state index contributed by atoms with van der Waals surface area (Å²) in [5.41, 5.74) is 0.919. The maximum absolute atomic E-state index is 10.2. The van der Waals surface area contributed by atoms with Crippen LogP contribution in [0, 0.1) is 5.92 Å². The Morgan fingerprint density at radius 2 is 1.78 bits per heavy atom. The SMILES string of the molecule is CCOc1ccc(C(O)C(C)NCC(C)C)cc1. The van der Waals surface area contributed by atoms with Gasteiger partial charge in [0.1, 0.15) is 5.75 Å². The van der Waals surface area contributed by atoms with Crippen LogP contribution in [0.25, 0.3) is 0 Å². The maximum atomic E-state index is 10.2. The monoisotopic (exact) mass is 251 g/mol. The van der Waals surface area contributed by atoms with Gasteiger partial charge in [-0.05, 0) is 44.0 Å². The second-order valence-corrected chi connectivity index (χ2v) is 5.04. The normalized spacial score (nSPS) is 14.6. The summed E-state index contributed by atoms with van der Waals surface area (Å²) in [6.45, 7) is 9.85. The minimum Gasteiger partial charge on any atom is -0.494 e. The molecule has 0 saturated heterocycles. The first-order valence-electron chi connectivity index (χ1n) is 6.68. The van der Waals surface area contributed by atoms with Gasteiger partial charge < -0.3 is 15.2 Å². The first-order chi connectivity index (χ1) is 8.54. The molecule has 1 rings (SSSR count). The molecule has 0 aliphatic carbocycles. The lowest BCUT2D eigenvalue weighted by Crippen LogP contribution is -2.34. The molecular weight excluding hydrogens is 226 g/mol. The van der Waals surface area contributed by atoms with Crippen molar-refractivity contribution in [2.24, 2.45) is 5.92 Å². The highest BCUT2D eigenvalue weighted by atomic mass is 16.5. The Balaban J connectivity index is 2.57. The molecule has 0 fully saturated rings. The topological polar surface area (TPSA) is 41.5 Å². The quantitative estimate of drug-likeness (QED) is 0.783. The summed E-state index contributed by atoms with van der Waals surface area (Å²) in [4.78, 5) is 0. The van der Waals surface area contributed by atoms with Crippen molar-refractivity contribution >= 4 is 0 Å². The second kappa shape index (κ2) is 7.39. The van der Waals surface area contributed by atoms with Gasteiger partial charge in [0.25, 0.3) is 0 Å². The molecule has 2 atom stereocenters. The molecule has 0 spiro atoms. The summed E-state index contributed by atoms with van der Waals surface area (Å²) in [6.07, 6.45) is -0.487. The van der Waals surface area contributed by atoms with E-state index in [2.05, 4.69) is 19.2 Å². The highest BCUT2D eigenvalue weighted by molar-refractivity contribution is 5.29. The van der Waals surface area contributed by atoms with Gasteiger partial charge in [0, 0.05) is 6.04 Å². The largest absolute Gasteiger partial charge is 0.494 e. The van der Waals surface area contributed by atoms with Crippen molar-refractivity contribution in [3.63, 3.8) is 0 Å². The zero-order valence-corrected chi connectivity index (χ0v) is 11.8. The van der Waals surface area contributed by atoms with E-state index in [1.165, 1.54) is 0 Å². The number of hydrogen-bond acceptors (Lipinski definition) is 3. The molecule has 2 unspecified atom stereocenters.